The maximum Gasteiger partial charge on any atom is 0.0991 e. The molecule has 104 valence electrons. The zero-order chi connectivity index (χ0) is 14.1. The minimum absolute atomic E-state index is 0.298. The Morgan fingerprint density at radius 1 is 1.05 bits per heavy atom. The van der Waals surface area contributed by atoms with E-state index in [2.05, 4.69) is 58.8 Å². The molecule has 0 spiro atoms. The van der Waals surface area contributed by atoms with E-state index in [1.54, 1.807) is 6.20 Å². The lowest BCUT2D eigenvalue weighted by Crippen LogP contribution is -2.30. The summed E-state index contributed by atoms with van der Waals surface area (Å²) in [6, 6.07) is 17.7. The molecule has 0 fully saturated rings. The predicted octanol–water partition coefficient (Wildman–Crippen LogP) is 3.11. The Labute approximate surface area is 124 Å². The van der Waals surface area contributed by atoms with Crippen LogP contribution in [-0.2, 0) is 6.42 Å². The van der Waals surface area contributed by atoms with Crippen molar-refractivity contribution in [1.29, 1.82) is 0 Å². The second kappa shape index (κ2) is 5.19. The van der Waals surface area contributed by atoms with Crippen LogP contribution >= 0.6 is 0 Å². The number of hydrogen-bond acceptors (Lipinski definition) is 2. The van der Waals surface area contributed by atoms with Crippen LogP contribution in [0.1, 0.15) is 22.7 Å². The second-order valence-electron chi connectivity index (χ2n) is 5.40. The quantitative estimate of drug-likeness (QED) is 0.779. The summed E-state index contributed by atoms with van der Waals surface area (Å²) in [6.07, 6.45) is 6.69. The number of rotatable bonds is 2. The number of hydrogen-bond donors (Lipinski definition) is 1. The van der Waals surface area contributed by atoms with Crippen LogP contribution in [0.15, 0.2) is 67.3 Å². The third kappa shape index (κ3) is 2.26. The molecular formula is C18H17N3. The Morgan fingerprint density at radius 2 is 1.90 bits per heavy atom. The van der Waals surface area contributed by atoms with Crippen molar-refractivity contribution in [2.45, 2.75) is 12.5 Å². The average molecular weight is 275 g/mol. The maximum atomic E-state index is 4.09. The molecule has 0 saturated heterocycles. The van der Waals surface area contributed by atoms with Crippen LogP contribution in [0.3, 0.4) is 0 Å². The first-order valence-corrected chi connectivity index (χ1v) is 7.31. The van der Waals surface area contributed by atoms with Crippen LogP contribution < -0.4 is 5.32 Å². The number of aromatic nitrogens is 2. The average Bonchev–Trinajstić information content (AvgIpc) is 3.09. The van der Waals surface area contributed by atoms with Gasteiger partial charge in [0.2, 0.25) is 0 Å². The molecule has 1 aromatic heterocycles. The molecule has 3 heteroatoms. The van der Waals surface area contributed by atoms with Gasteiger partial charge in [-0.1, -0.05) is 36.4 Å². The molecule has 1 aliphatic rings. The lowest BCUT2D eigenvalue weighted by Gasteiger charge is -2.27. The standard InChI is InChI=1S/C18H17N3/c1-2-4-17-14(3-1)9-10-20-18(17)15-5-7-16(8-6-15)21-12-11-19-13-21/h1-8,11-13,18,20H,9-10H2. The molecule has 3 nitrogen and oxygen atoms in total. The van der Waals surface area contributed by atoms with Crippen LogP contribution in [-0.4, -0.2) is 16.1 Å². The van der Waals surface area contributed by atoms with E-state index < -0.39 is 0 Å². The van der Waals surface area contributed by atoms with Gasteiger partial charge in [-0.05, 0) is 35.2 Å². The van der Waals surface area contributed by atoms with Crippen LogP contribution in [0, 0.1) is 0 Å². The van der Waals surface area contributed by atoms with Crippen molar-refractivity contribution in [3.8, 4) is 5.69 Å². The topological polar surface area (TPSA) is 29.9 Å². The van der Waals surface area contributed by atoms with Gasteiger partial charge in [0.1, 0.15) is 0 Å². The van der Waals surface area contributed by atoms with Crippen molar-refractivity contribution in [3.05, 3.63) is 83.9 Å². The van der Waals surface area contributed by atoms with Crippen LogP contribution in [0.4, 0.5) is 0 Å². The largest absolute Gasteiger partial charge is 0.306 e. The number of nitrogens with one attached hydrogen (secondary N) is 1. The molecule has 21 heavy (non-hydrogen) atoms. The van der Waals surface area contributed by atoms with Gasteiger partial charge in [0.25, 0.3) is 0 Å². The third-order valence-electron chi connectivity index (χ3n) is 4.14. The molecule has 0 saturated carbocycles. The monoisotopic (exact) mass is 275 g/mol. The predicted molar refractivity (Wildman–Crippen MR) is 83.6 cm³/mol. The van der Waals surface area contributed by atoms with E-state index in [0.717, 1.165) is 18.7 Å². The molecule has 4 rings (SSSR count). The summed E-state index contributed by atoms with van der Waals surface area (Å²) < 4.78 is 2.02. The van der Waals surface area contributed by atoms with Gasteiger partial charge in [-0.15, -0.1) is 0 Å². The molecular weight excluding hydrogens is 258 g/mol. The third-order valence-corrected chi connectivity index (χ3v) is 4.14. The highest BCUT2D eigenvalue weighted by atomic mass is 15.0. The lowest BCUT2D eigenvalue weighted by atomic mass is 9.90. The van der Waals surface area contributed by atoms with E-state index >= 15 is 0 Å². The summed E-state index contributed by atoms with van der Waals surface area (Å²) in [4.78, 5) is 4.09. The van der Waals surface area contributed by atoms with E-state index in [4.69, 9.17) is 0 Å². The Morgan fingerprint density at radius 3 is 2.71 bits per heavy atom. The zero-order valence-electron chi connectivity index (χ0n) is 11.7. The maximum absolute atomic E-state index is 4.09. The molecule has 2 heterocycles. The van der Waals surface area contributed by atoms with Gasteiger partial charge in [-0.25, -0.2) is 4.98 Å². The van der Waals surface area contributed by atoms with Gasteiger partial charge in [-0.2, -0.15) is 0 Å². The summed E-state index contributed by atoms with van der Waals surface area (Å²) in [5.41, 5.74) is 5.31. The van der Waals surface area contributed by atoms with Gasteiger partial charge in [0.15, 0.2) is 0 Å². The van der Waals surface area contributed by atoms with Crippen molar-refractivity contribution >= 4 is 0 Å². The molecule has 0 amide bonds. The molecule has 1 N–H and O–H groups in total. The minimum Gasteiger partial charge on any atom is -0.306 e. The van der Waals surface area contributed by atoms with Gasteiger partial charge < -0.3 is 9.88 Å². The number of nitrogens with zero attached hydrogens (tertiary/aromatic N) is 2. The summed E-state index contributed by atoms with van der Waals surface area (Å²) >= 11 is 0. The van der Waals surface area contributed by atoms with Crippen molar-refractivity contribution in [2.24, 2.45) is 0 Å². The van der Waals surface area contributed by atoms with E-state index in [9.17, 15) is 0 Å². The van der Waals surface area contributed by atoms with Crippen LogP contribution in [0.25, 0.3) is 5.69 Å². The van der Waals surface area contributed by atoms with Crippen molar-refractivity contribution in [2.75, 3.05) is 6.54 Å². The molecule has 2 aromatic carbocycles. The number of imidazole rings is 1. The highest BCUT2D eigenvalue weighted by Crippen LogP contribution is 2.28. The Bertz CT molecular complexity index is 729. The van der Waals surface area contributed by atoms with E-state index in [0.29, 0.717) is 6.04 Å². The Balaban J connectivity index is 1.69. The van der Waals surface area contributed by atoms with Gasteiger partial charge >= 0.3 is 0 Å². The SMILES string of the molecule is c1ccc2c(c1)CCNC2c1ccc(-n2ccnc2)cc1. The molecule has 1 unspecified atom stereocenters. The smallest absolute Gasteiger partial charge is 0.0991 e. The Hall–Kier alpha value is -2.39. The molecule has 1 atom stereocenters. The normalized spacial score (nSPS) is 17.4. The minimum atomic E-state index is 0.298. The highest BCUT2D eigenvalue weighted by Gasteiger charge is 2.20. The van der Waals surface area contributed by atoms with Gasteiger partial charge in [-0.3, -0.25) is 0 Å². The van der Waals surface area contributed by atoms with Crippen molar-refractivity contribution < 1.29 is 0 Å². The number of benzene rings is 2. The summed E-state index contributed by atoms with van der Waals surface area (Å²) in [5, 5.41) is 3.63. The van der Waals surface area contributed by atoms with E-state index in [-0.39, 0.29) is 0 Å². The highest BCUT2D eigenvalue weighted by molar-refractivity contribution is 5.42. The first-order valence-electron chi connectivity index (χ1n) is 7.31. The lowest BCUT2D eigenvalue weighted by molar-refractivity contribution is 0.568. The van der Waals surface area contributed by atoms with Crippen LogP contribution in [0.2, 0.25) is 0 Å². The van der Waals surface area contributed by atoms with Gasteiger partial charge in [0.05, 0.1) is 12.4 Å². The van der Waals surface area contributed by atoms with Crippen molar-refractivity contribution in [3.63, 3.8) is 0 Å². The van der Waals surface area contributed by atoms with Crippen molar-refractivity contribution in [1.82, 2.24) is 14.9 Å². The Kier molecular flexibility index (Phi) is 3.05. The van der Waals surface area contributed by atoms with Crippen LogP contribution in [0.5, 0.6) is 0 Å². The van der Waals surface area contributed by atoms with E-state index in [1.165, 1.54) is 16.7 Å². The first kappa shape index (κ1) is 12.4. The molecule has 1 aliphatic heterocycles. The van der Waals surface area contributed by atoms with Gasteiger partial charge in [0, 0.05) is 24.6 Å². The molecule has 0 radical (unpaired) electrons. The fourth-order valence-electron chi connectivity index (χ4n) is 3.05. The fraction of sp³-hybridized carbons (Fsp3) is 0.167. The second-order valence-corrected chi connectivity index (χ2v) is 5.40. The first-order chi connectivity index (χ1) is 10.4. The molecule has 0 bridgehead atoms. The summed E-state index contributed by atoms with van der Waals surface area (Å²) in [6.45, 7) is 1.03. The number of fused-ring (bicyclic) bond motifs is 1. The summed E-state index contributed by atoms with van der Waals surface area (Å²) in [5.74, 6) is 0. The molecule has 0 aliphatic carbocycles. The fourth-order valence-corrected chi connectivity index (χ4v) is 3.05. The summed E-state index contributed by atoms with van der Waals surface area (Å²) in [7, 11) is 0. The van der Waals surface area contributed by atoms with E-state index in [1.807, 2.05) is 17.1 Å². The molecule has 3 aromatic rings. The zero-order valence-corrected chi connectivity index (χ0v) is 11.7.